The number of sulfonamides is 1. The highest BCUT2D eigenvalue weighted by atomic mass is 35.5. The van der Waals surface area contributed by atoms with E-state index in [1.54, 1.807) is 32.2 Å². The third-order valence-electron chi connectivity index (χ3n) is 2.59. The van der Waals surface area contributed by atoms with Crippen LogP contribution in [-0.2, 0) is 10.0 Å². The van der Waals surface area contributed by atoms with Crippen molar-refractivity contribution < 1.29 is 8.42 Å². The molecule has 0 fully saturated rings. The van der Waals surface area contributed by atoms with Crippen molar-refractivity contribution in [3.8, 4) is 0 Å². The topological polar surface area (TPSA) is 59.1 Å². The molecule has 0 aliphatic rings. The van der Waals surface area contributed by atoms with Crippen LogP contribution in [0.15, 0.2) is 23.2 Å². The number of thiazole rings is 1. The molecule has 0 aliphatic carbocycles. The van der Waals surface area contributed by atoms with Crippen molar-refractivity contribution in [1.82, 2.24) is 4.98 Å². The standard InChI is InChI=1S/C12H13ClN2O2S2/c1-7-5-11(8(2)4-10(7)13)19(16,17)15-12-14-6-9(3)18-12/h4-6H,1-3H3,(H,14,15). The molecular weight excluding hydrogens is 304 g/mol. The fraction of sp³-hybridized carbons (Fsp3) is 0.250. The molecule has 1 aromatic heterocycles. The van der Waals surface area contributed by atoms with Crippen molar-refractivity contribution in [2.24, 2.45) is 0 Å². The summed E-state index contributed by atoms with van der Waals surface area (Å²) in [6.45, 7) is 5.36. The van der Waals surface area contributed by atoms with Crippen LogP contribution in [0, 0.1) is 20.8 Å². The normalized spacial score (nSPS) is 11.6. The summed E-state index contributed by atoms with van der Waals surface area (Å²) in [6, 6.07) is 3.22. The van der Waals surface area contributed by atoms with E-state index in [-0.39, 0.29) is 4.90 Å². The van der Waals surface area contributed by atoms with Crippen molar-refractivity contribution in [1.29, 1.82) is 0 Å². The van der Waals surface area contributed by atoms with E-state index in [0.29, 0.717) is 15.7 Å². The van der Waals surface area contributed by atoms with Gasteiger partial charge < -0.3 is 0 Å². The molecule has 0 amide bonds. The van der Waals surface area contributed by atoms with Crippen LogP contribution < -0.4 is 4.72 Å². The lowest BCUT2D eigenvalue weighted by atomic mass is 10.2. The highest BCUT2D eigenvalue weighted by Crippen LogP contribution is 2.26. The first kappa shape index (κ1) is 14.3. The zero-order valence-electron chi connectivity index (χ0n) is 10.7. The predicted octanol–water partition coefficient (Wildman–Crippen LogP) is 3.52. The van der Waals surface area contributed by atoms with Crippen LogP contribution in [0.4, 0.5) is 5.13 Å². The monoisotopic (exact) mass is 316 g/mol. The first-order valence-electron chi connectivity index (χ1n) is 5.51. The number of hydrogen-bond donors (Lipinski definition) is 1. The summed E-state index contributed by atoms with van der Waals surface area (Å²) < 4.78 is 27.1. The molecular formula is C12H13ClN2O2S2. The van der Waals surface area contributed by atoms with Crippen LogP contribution in [0.3, 0.4) is 0 Å². The van der Waals surface area contributed by atoms with Crippen molar-refractivity contribution in [2.75, 3.05) is 4.72 Å². The van der Waals surface area contributed by atoms with Gasteiger partial charge in [-0.25, -0.2) is 13.4 Å². The van der Waals surface area contributed by atoms with Gasteiger partial charge in [-0.15, -0.1) is 11.3 Å². The van der Waals surface area contributed by atoms with Gasteiger partial charge in [0, 0.05) is 16.1 Å². The quantitative estimate of drug-likeness (QED) is 0.942. The molecule has 0 spiro atoms. The molecule has 0 saturated heterocycles. The molecule has 1 N–H and O–H groups in total. The maximum Gasteiger partial charge on any atom is 0.263 e. The molecule has 7 heteroatoms. The smallest absolute Gasteiger partial charge is 0.255 e. The molecule has 0 unspecified atom stereocenters. The van der Waals surface area contributed by atoms with Crippen LogP contribution in [0.5, 0.6) is 0 Å². The van der Waals surface area contributed by atoms with Gasteiger partial charge in [0.05, 0.1) is 4.90 Å². The van der Waals surface area contributed by atoms with E-state index in [1.165, 1.54) is 11.3 Å². The molecule has 0 bridgehead atoms. The van der Waals surface area contributed by atoms with E-state index < -0.39 is 10.0 Å². The van der Waals surface area contributed by atoms with E-state index in [9.17, 15) is 8.42 Å². The second-order valence-corrected chi connectivity index (χ2v) is 7.54. The zero-order chi connectivity index (χ0) is 14.2. The Balaban J connectivity index is 2.42. The molecule has 0 radical (unpaired) electrons. The van der Waals surface area contributed by atoms with Gasteiger partial charge in [-0.2, -0.15) is 0 Å². The Hall–Kier alpha value is -1.11. The fourth-order valence-corrected chi connectivity index (χ4v) is 4.05. The average Bonchev–Trinajstić information content (AvgIpc) is 2.68. The molecule has 2 rings (SSSR count). The summed E-state index contributed by atoms with van der Waals surface area (Å²) in [7, 11) is -3.63. The SMILES string of the molecule is Cc1cnc(NS(=O)(=O)c2cc(C)c(Cl)cc2C)s1. The number of nitrogens with one attached hydrogen (secondary N) is 1. The van der Waals surface area contributed by atoms with Crippen LogP contribution >= 0.6 is 22.9 Å². The number of nitrogens with zero attached hydrogens (tertiary/aromatic N) is 1. The molecule has 4 nitrogen and oxygen atoms in total. The molecule has 2 aromatic rings. The molecule has 0 atom stereocenters. The number of anilines is 1. The van der Waals surface area contributed by atoms with Gasteiger partial charge in [-0.3, -0.25) is 4.72 Å². The van der Waals surface area contributed by atoms with Gasteiger partial charge in [-0.1, -0.05) is 11.6 Å². The van der Waals surface area contributed by atoms with Crippen LogP contribution in [0.1, 0.15) is 16.0 Å². The first-order chi connectivity index (χ1) is 8.79. The third-order valence-corrected chi connectivity index (χ3v) is 5.43. The number of aryl methyl sites for hydroxylation is 3. The maximum atomic E-state index is 12.3. The van der Waals surface area contributed by atoms with Crippen LogP contribution in [-0.4, -0.2) is 13.4 Å². The van der Waals surface area contributed by atoms with Gasteiger partial charge >= 0.3 is 0 Å². The van der Waals surface area contributed by atoms with E-state index in [2.05, 4.69) is 9.71 Å². The predicted molar refractivity (Wildman–Crippen MR) is 78.6 cm³/mol. The minimum atomic E-state index is -3.63. The Morgan fingerprint density at radius 2 is 1.89 bits per heavy atom. The summed E-state index contributed by atoms with van der Waals surface area (Å²) in [6.07, 6.45) is 1.63. The largest absolute Gasteiger partial charge is 0.263 e. The van der Waals surface area contributed by atoms with Gasteiger partial charge in [0.15, 0.2) is 5.13 Å². The number of hydrogen-bond acceptors (Lipinski definition) is 4. The molecule has 1 aromatic carbocycles. The van der Waals surface area contributed by atoms with Crippen molar-refractivity contribution >= 4 is 38.1 Å². The summed E-state index contributed by atoms with van der Waals surface area (Å²) in [5.41, 5.74) is 1.33. The number of aromatic nitrogens is 1. The van der Waals surface area contributed by atoms with E-state index in [1.807, 2.05) is 6.92 Å². The first-order valence-corrected chi connectivity index (χ1v) is 8.19. The molecule has 1 heterocycles. The summed E-state index contributed by atoms with van der Waals surface area (Å²) in [5, 5.41) is 0.922. The van der Waals surface area contributed by atoms with E-state index in [0.717, 1.165) is 10.4 Å². The minimum Gasteiger partial charge on any atom is -0.255 e. The number of halogens is 1. The maximum absolute atomic E-state index is 12.3. The number of benzene rings is 1. The van der Waals surface area contributed by atoms with E-state index >= 15 is 0 Å². The Morgan fingerprint density at radius 3 is 2.47 bits per heavy atom. The summed E-state index contributed by atoms with van der Waals surface area (Å²) in [4.78, 5) is 5.17. The van der Waals surface area contributed by atoms with Crippen molar-refractivity contribution in [3.05, 3.63) is 39.4 Å². The summed E-state index contributed by atoms with van der Waals surface area (Å²) >= 11 is 7.27. The Morgan fingerprint density at radius 1 is 1.21 bits per heavy atom. The molecule has 0 saturated carbocycles. The molecule has 0 aliphatic heterocycles. The third kappa shape index (κ3) is 3.08. The summed E-state index contributed by atoms with van der Waals surface area (Å²) in [5.74, 6) is 0. The van der Waals surface area contributed by atoms with Gasteiger partial charge in [0.25, 0.3) is 10.0 Å². The Bertz CT molecular complexity index is 723. The second-order valence-electron chi connectivity index (χ2n) is 4.25. The van der Waals surface area contributed by atoms with Gasteiger partial charge in [0.1, 0.15) is 0 Å². The lowest BCUT2D eigenvalue weighted by Crippen LogP contribution is -2.14. The average molecular weight is 317 g/mol. The molecule has 19 heavy (non-hydrogen) atoms. The Kier molecular flexibility index (Phi) is 3.85. The van der Waals surface area contributed by atoms with Gasteiger partial charge in [-0.05, 0) is 44.0 Å². The highest BCUT2D eigenvalue weighted by Gasteiger charge is 2.19. The lowest BCUT2D eigenvalue weighted by molar-refractivity contribution is 0.600. The van der Waals surface area contributed by atoms with Crippen molar-refractivity contribution in [2.45, 2.75) is 25.7 Å². The lowest BCUT2D eigenvalue weighted by Gasteiger charge is -2.10. The molecule has 102 valence electrons. The van der Waals surface area contributed by atoms with Crippen LogP contribution in [0.2, 0.25) is 5.02 Å². The van der Waals surface area contributed by atoms with Crippen LogP contribution in [0.25, 0.3) is 0 Å². The number of rotatable bonds is 3. The second kappa shape index (κ2) is 5.11. The minimum absolute atomic E-state index is 0.224. The van der Waals surface area contributed by atoms with E-state index in [4.69, 9.17) is 11.6 Å². The highest BCUT2D eigenvalue weighted by molar-refractivity contribution is 7.93. The van der Waals surface area contributed by atoms with Crippen molar-refractivity contribution in [3.63, 3.8) is 0 Å². The van der Waals surface area contributed by atoms with Gasteiger partial charge in [0.2, 0.25) is 0 Å². The zero-order valence-corrected chi connectivity index (χ0v) is 13.1. The Labute approximate surface area is 121 Å². The fourth-order valence-electron chi connectivity index (χ4n) is 1.62.